The molecule has 1 unspecified atom stereocenters. The van der Waals surface area contributed by atoms with Crippen LogP contribution < -0.4 is 10.1 Å². The highest BCUT2D eigenvalue weighted by atomic mass is 16.5. The summed E-state index contributed by atoms with van der Waals surface area (Å²) in [6.45, 7) is 9.47. The van der Waals surface area contributed by atoms with Gasteiger partial charge in [-0.05, 0) is 69.0 Å². The summed E-state index contributed by atoms with van der Waals surface area (Å²) in [6.07, 6.45) is 0. The van der Waals surface area contributed by atoms with Gasteiger partial charge in [0.05, 0.1) is 6.04 Å². The van der Waals surface area contributed by atoms with Crippen LogP contribution in [0, 0.1) is 27.7 Å². The Hall–Kier alpha value is -3.34. The molecule has 2 aromatic carbocycles. The number of aryl methyl sites for hydroxylation is 3. The van der Waals surface area contributed by atoms with Gasteiger partial charge in [-0.2, -0.15) is 0 Å². The molecular formula is C25H28N2O3. The second-order valence-corrected chi connectivity index (χ2v) is 7.69. The van der Waals surface area contributed by atoms with E-state index in [1.165, 1.54) is 5.56 Å². The zero-order valence-corrected chi connectivity index (χ0v) is 18.1. The van der Waals surface area contributed by atoms with Crippen molar-refractivity contribution in [2.75, 3.05) is 6.61 Å². The maximum Gasteiger partial charge on any atom is 0.268 e. The van der Waals surface area contributed by atoms with E-state index in [9.17, 15) is 9.59 Å². The molecule has 1 heterocycles. The predicted octanol–water partition coefficient (Wildman–Crippen LogP) is 5.00. The van der Waals surface area contributed by atoms with Crippen molar-refractivity contribution in [3.05, 3.63) is 87.7 Å². The number of rotatable bonds is 7. The van der Waals surface area contributed by atoms with E-state index in [0.29, 0.717) is 28.3 Å². The number of hydrogen-bond donors (Lipinski definition) is 2. The quantitative estimate of drug-likeness (QED) is 0.544. The average Bonchev–Trinajstić information content (AvgIpc) is 3.03. The minimum Gasteiger partial charge on any atom is -0.485 e. The number of Topliss-reactive ketones (excluding diaryl/α,β-unsaturated/α-hetero) is 1. The standard InChI is InChI=1S/C25H28N2O3/c1-15-11-12-21(13-16(15)2)30-14-22(28)23-17(3)24(26-19(23)5)25(29)27-18(4)20-9-7-6-8-10-20/h6-13,18,26H,14H2,1-5H3,(H,27,29). The Morgan fingerprint density at radius 3 is 2.37 bits per heavy atom. The van der Waals surface area contributed by atoms with Crippen molar-refractivity contribution in [2.24, 2.45) is 0 Å². The van der Waals surface area contributed by atoms with Crippen LogP contribution in [0.15, 0.2) is 48.5 Å². The number of carbonyl (C=O) groups is 2. The van der Waals surface area contributed by atoms with Crippen LogP contribution in [-0.4, -0.2) is 23.3 Å². The molecule has 1 atom stereocenters. The number of nitrogens with one attached hydrogen (secondary N) is 2. The first kappa shape index (κ1) is 21.4. The van der Waals surface area contributed by atoms with Crippen molar-refractivity contribution in [2.45, 2.75) is 40.7 Å². The van der Waals surface area contributed by atoms with E-state index in [1.807, 2.05) is 69.3 Å². The molecule has 156 valence electrons. The maximum atomic E-state index is 12.8. The Labute approximate surface area is 177 Å². The van der Waals surface area contributed by atoms with Crippen LogP contribution in [0.2, 0.25) is 0 Å². The van der Waals surface area contributed by atoms with Gasteiger partial charge in [0.1, 0.15) is 11.4 Å². The number of aromatic amines is 1. The van der Waals surface area contributed by atoms with Crippen LogP contribution in [0.4, 0.5) is 0 Å². The molecule has 2 N–H and O–H groups in total. The minimum absolute atomic E-state index is 0.0798. The van der Waals surface area contributed by atoms with Gasteiger partial charge < -0.3 is 15.0 Å². The number of ether oxygens (including phenoxy) is 1. The van der Waals surface area contributed by atoms with Gasteiger partial charge >= 0.3 is 0 Å². The van der Waals surface area contributed by atoms with Crippen molar-refractivity contribution in [1.29, 1.82) is 0 Å². The highest BCUT2D eigenvalue weighted by Crippen LogP contribution is 2.21. The maximum absolute atomic E-state index is 12.8. The molecule has 5 nitrogen and oxygen atoms in total. The zero-order chi connectivity index (χ0) is 21.8. The highest BCUT2D eigenvalue weighted by Gasteiger charge is 2.23. The third-order valence-electron chi connectivity index (χ3n) is 5.44. The second-order valence-electron chi connectivity index (χ2n) is 7.69. The van der Waals surface area contributed by atoms with Gasteiger partial charge in [-0.15, -0.1) is 0 Å². The van der Waals surface area contributed by atoms with Crippen molar-refractivity contribution in [3.8, 4) is 5.75 Å². The molecule has 0 aliphatic carbocycles. The summed E-state index contributed by atoms with van der Waals surface area (Å²) in [7, 11) is 0. The lowest BCUT2D eigenvalue weighted by molar-refractivity contribution is 0.0920. The molecule has 1 amide bonds. The van der Waals surface area contributed by atoms with Crippen LogP contribution in [0.1, 0.15) is 61.8 Å². The topological polar surface area (TPSA) is 71.2 Å². The molecule has 3 aromatic rings. The first-order valence-corrected chi connectivity index (χ1v) is 10.1. The van der Waals surface area contributed by atoms with Crippen molar-refractivity contribution in [1.82, 2.24) is 10.3 Å². The Bertz CT molecular complexity index is 1070. The Morgan fingerprint density at radius 2 is 1.70 bits per heavy atom. The second kappa shape index (κ2) is 8.99. The summed E-state index contributed by atoms with van der Waals surface area (Å²) in [4.78, 5) is 28.7. The zero-order valence-electron chi connectivity index (χ0n) is 18.1. The lowest BCUT2D eigenvalue weighted by atomic mass is 10.1. The molecule has 0 aliphatic rings. The van der Waals surface area contributed by atoms with Gasteiger partial charge in [0.2, 0.25) is 5.78 Å². The molecule has 0 bridgehead atoms. The molecule has 0 saturated heterocycles. The van der Waals surface area contributed by atoms with Gasteiger partial charge in [-0.25, -0.2) is 0 Å². The van der Waals surface area contributed by atoms with Crippen molar-refractivity contribution in [3.63, 3.8) is 0 Å². The fourth-order valence-electron chi connectivity index (χ4n) is 3.51. The van der Waals surface area contributed by atoms with Gasteiger partial charge in [-0.1, -0.05) is 36.4 Å². The number of carbonyl (C=O) groups excluding carboxylic acids is 2. The average molecular weight is 405 g/mol. The van der Waals surface area contributed by atoms with Crippen molar-refractivity contribution < 1.29 is 14.3 Å². The van der Waals surface area contributed by atoms with Crippen molar-refractivity contribution >= 4 is 11.7 Å². The molecule has 5 heteroatoms. The summed E-state index contributed by atoms with van der Waals surface area (Å²) in [5, 5.41) is 2.99. The van der Waals surface area contributed by atoms with E-state index >= 15 is 0 Å². The SMILES string of the molecule is Cc1ccc(OCC(=O)c2c(C)[nH]c(C(=O)NC(C)c3ccccc3)c2C)cc1C. The first-order chi connectivity index (χ1) is 14.3. The number of amides is 1. The van der Waals surface area contributed by atoms with Crippen LogP contribution >= 0.6 is 0 Å². The smallest absolute Gasteiger partial charge is 0.268 e. The number of H-pyrrole nitrogens is 1. The predicted molar refractivity (Wildman–Crippen MR) is 118 cm³/mol. The number of hydrogen-bond acceptors (Lipinski definition) is 3. The largest absolute Gasteiger partial charge is 0.485 e. The molecular weight excluding hydrogens is 376 g/mol. The van der Waals surface area contributed by atoms with E-state index in [1.54, 1.807) is 13.8 Å². The first-order valence-electron chi connectivity index (χ1n) is 10.1. The van der Waals surface area contributed by atoms with E-state index in [4.69, 9.17) is 4.74 Å². The monoisotopic (exact) mass is 404 g/mol. The molecule has 0 spiro atoms. The summed E-state index contributed by atoms with van der Waals surface area (Å²) < 4.78 is 5.70. The van der Waals surface area contributed by atoms with Gasteiger partial charge in [0.15, 0.2) is 6.61 Å². The molecule has 0 fully saturated rings. The van der Waals surface area contributed by atoms with Crippen LogP contribution in [0.3, 0.4) is 0 Å². The molecule has 0 radical (unpaired) electrons. The molecule has 1 aromatic heterocycles. The Morgan fingerprint density at radius 1 is 1.00 bits per heavy atom. The van der Waals surface area contributed by atoms with Crippen LogP contribution in [0.5, 0.6) is 5.75 Å². The van der Waals surface area contributed by atoms with E-state index in [0.717, 1.165) is 11.1 Å². The van der Waals surface area contributed by atoms with Crippen LogP contribution in [-0.2, 0) is 0 Å². The Kier molecular flexibility index (Phi) is 6.40. The molecule has 0 saturated carbocycles. The van der Waals surface area contributed by atoms with Gasteiger partial charge in [-0.3, -0.25) is 9.59 Å². The lowest BCUT2D eigenvalue weighted by Crippen LogP contribution is -2.27. The summed E-state index contributed by atoms with van der Waals surface area (Å²) in [6, 6.07) is 15.4. The van der Waals surface area contributed by atoms with E-state index in [-0.39, 0.29) is 24.3 Å². The van der Waals surface area contributed by atoms with Gasteiger partial charge in [0, 0.05) is 11.3 Å². The van der Waals surface area contributed by atoms with E-state index < -0.39 is 0 Å². The minimum atomic E-state index is -0.235. The Balaban J connectivity index is 1.71. The van der Waals surface area contributed by atoms with Crippen LogP contribution in [0.25, 0.3) is 0 Å². The summed E-state index contributed by atoms with van der Waals surface area (Å²) in [5.74, 6) is 0.266. The molecule has 30 heavy (non-hydrogen) atoms. The number of aromatic nitrogens is 1. The number of ketones is 1. The lowest BCUT2D eigenvalue weighted by Gasteiger charge is -2.14. The van der Waals surface area contributed by atoms with E-state index in [2.05, 4.69) is 10.3 Å². The summed E-state index contributed by atoms with van der Waals surface area (Å²) >= 11 is 0. The fraction of sp³-hybridized carbons (Fsp3) is 0.280. The molecule has 3 rings (SSSR count). The third kappa shape index (κ3) is 4.62. The highest BCUT2D eigenvalue weighted by molar-refractivity contribution is 6.04. The number of benzene rings is 2. The summed E-state index contributed by atoms with van der Waals surface area (Å²) in [5.41, 5.74) is 5.52. The fourth-order valence-corrected chi connectivity index (χ4v) is 3.51. The third-order valence-corrected chi connectivity index (χ3v) is 5.44. The van der Waals surface area contributed by atoms with Gasteiger partial charge in [0.25, 0.3) is 5.91 Å². The molecule has 0 aliphatic heterocycles. The normalized spacial score (nSPS) is 11.8.